The highest BCUT2D eigenvalue weighted by Crippen LogP contribution is 2.15. The molecule has 0 aliphatic heterocycles. The maximum atomic E-state index is 5.84. The molecule has 1 rings (SSSR count). The van der Waals surface area contributed by atoms with Gasteiger partial charge in [-0.2, -0.15) is 0 Å². The molecule has 4 heteroatoms. The molecule has 0 fully saturated rings. The first-order chi connectivity index (χ1) is 7.65. The first kappa shape index (κ1) is 12.9. The van der Waals surface area contributed by atoms with E-state index in [2.05, 4.69) is 9.88 Å². The summed E-state index contributed by atoms with van der Waals surface area (Å²) in [5.74, 6) is 0.964. The van der Waals surface area contributed by atoms with Crippen molar-refractivity contribution in [3.05, 3.63) is 23.9 Å². The summed E-state index contributed by atoms with van der Waals surface area (Å²) in [5, 5.41) is 0. The van der Waals surface area contributed by atoms with Gasteiger partial charge in [0.2, 0.25) is 0 Å². The molecule has 4 nitrogen and oxygen atoms in total. The third-order valence-corrected chi connectivity index (χ3v) is 2.53. The van der Waals surface area contributed by atoms with E-state index in [1.165, 1.54) is 0 Å². The molecule has 0 saturated heterocycles. The monoisotopic (exact) mass is 223 g/mol. The summed E-state index contributed by atoms with van der Waals surface area (Å²) in [7, 11) is 3.75. The smallest absolute Gasteiger partial charge is 0.128 e. The molecule has 1 heterocycles. The molecule has 1 aromatic heterocycles. The van der Waals surface area contributed by atoms with Crippen LogP contribution in [0, 0.1) is 0 Å². The molecule has 0 unspecified atom stereocenters. The number of nitrogens with zero attached hydrogens (tertiary/aromatic N) is 2. The SMILES string of the molecule is COCCCN(C)c1cc([C@@H](C)N)ccn1. The average molecular weight is 223 g/mol. The molecular formula is C12H21N3O. The summed E-state index contributed by atoms with van der Waals surface area (Å²) >= 11 is 0. The van der Waals surface area contributed by atoms with Gasteiger partial charge >= 0.3 is 0 Å². The minimum Gasteiger partial charge on any atom is -0.385 e. The minimum absolute atomic E-state index is 0.0501. The van der Waals surface area contributed by atoms with Crippen LogP contribution in [0.3, 0.4) is 0 Å². The highest BCUT2D eigenvalue weighted by Gasteiger charge is 2.05. The second kappa shape index (κ2) is 6.45. The predicted octanol–water partition coefficient (Wildman–Crippen LogP) is 1.57. The second-order valence-corrected chi connectivity index (χ2v) is 4.00. The molecule has 0 aromatic carbocycles. The van der Waals surface area contributed by atoms with E-state index < -0.39 is 0 Å². The van der Waals surface area contributed by atoms with Crippen LogP contribution in [0.5, 0.6) is 0 Å². The van der Waals surface area contributed by atoms with E-state index in [1.54, 1.807) is 13.3 Å². The van der Waals surface area contributed by atoms with E-state index >= 15 is 0 Å². The third kappa shape index (κ3) is 3.79. The van der Waals surface area contributed by atoms with E-state index in [1.807, 2.05) is 26.1 Å². The fraction of sp³-hybridized carbons (Fsp3) is 0.583. The standard InChI is InChI=1S/C12H21N3O/c1-10(13)11-5-6-14-12(9-11)15(2)7-4-8-16-3/h5-6,9-10H,4,7-8,13H2,1-3H3/t10-/m1/s1. The van der Waals surface area contributed by atoms with Gasteiger partial charge in [0.1, 0.15) is 5.82 Å². The number of nitrogens with two attached hydrogens (primary N) is 1. The van der Waals surface area contributed by atoms with Gasteiger partial charge in [-0.05, 0) is 31.0 Å². The number of anilines is 1. The lowest BCUT2D eigenvalue weighted by Gasteiger charge is -2.19. The van der Waals surface area contributed by atoms with Crippen molar-refractivity contribution in [2.75, 3.05) is 32.2 Å². The van der Waals surface area contributed by atoms with Crippen molar-refractivity contribution in [2.45, 2.75) is 19.4 Å². The Hall–Kier alpha value is -1.13. The lowest BCUT2D eigenvalue weighted by atomic mass is 10.1. The normalized spacial score (nSPS) is 12.5. The predicted molar refractivity (Wildman–Crippen MR) is 66.6 cm³/mol. The van der Waals surface area contributed by atoms with E-state index in [9.17, 15) is 0 Å². The fourth-order valence-corrected chi connectivity index (χ4v) is 1.49. The van der Waals surface area contributed by atoms with Crippen LogP contribution < -0.4 is 10.6 Å². The van der Waals surface area contributed by atoms with Crippen LogP contribution in [0.15, 0.2) is 18.3 Å². The van der Waals surface area contributed by atoms with Gasteiger partial charge in [-0.3, -0.25) is 0 Å². The van der Waals surface area contributed by atoms with Crippen molar-refractivity contribution in [1.29, 1.82) is 0 Å². The van der Waals surface area contributed by atoms with Gasteiger partial charge in [-0.1, -0.05) is 0 Å². The topological polar surface area (TPSA) is 51.4 Å². The van der Waals surface area contributed by atoms with Crippen LogP contribution in [0.25, 0.3) is 0 Å². The minimum atomic E-state index is 0.0501. The Morgan fingerprint density at radius 1 is 1.56 bits per heavy atom. The van der Waals surface area contributed by atoms with Gasteiger partial charge in [0, 0.05) is 39.5 Å². The van der Waals surface area contributed by atoms with Gasteiger partial charge in [0.05, 0.1) is 0 Å². The molecule has 1 atom stereocenters. The zero-order chi connectivity index (χ0) is 12.0. The van der Waals surface area contributed by atoms with Gasteiger partial charge in [-0.25, -0.2) is 4.98 Å². The zero-order valence-corrected chi connectivity index (χ0v) is 10.3. The Morgan fingerprint density at radius 3 is 2.94 bits per heavy atom. The molecule has 90 valence electrons. The van der Waals surface area contributed by atoms with Crippen molar-refractivity contribution in [3.63, 3.8) is 0 Å². The van der Waals surface area contributed by atoms with Crippen LogP contribution in [0.1, 0.15) is 24.9 Å². The van der Waals surface area contributed by atoms with Crippen LogP contribution in [0.2, 0.25) is 0 Å². The van der Waals surface area contributed by atoms with Gasteiger partial charge in [0.15, 0.2) is 0 Å². The molecule has 0 aliphatic rings. The van der Waals surface area contributed by atoms with Crippen molar-refractivity contribution >= 4 is 5.82 Å². The average Bonchev–Trinajstić information content (AvgIpc) is 2.29. The first-order valence-corrected chi connectivity index (χ1v) is 5.56. The molecule has 16 heavy (non-hydrogen) atoms. The lowest BCUT2D eigenvalue weighted by Crippen LogP contribution is -2.21. The van der Waals surface area contributed by atoms with Crippen LogP contribution in [-0.2, 0) is 4.74 Å². The van der Waals surface area contributed by atoms with E-state index in [4.69, 9.17) is 10.5 Å². The molecule has 0 aliphatic carbocycles. The molecule has 2 N–H and O–H groups in total. The second-order valence-electron chi connectivity index (χ2n) is 4.00. The van der Waals surface area contributed by atoms with Crippen molar-refractivity contribution in [2.24, 2.45) is 5.73 Å². The summed E-state index contributed by atoms with van der Waals surface area (Å²) in [6.07, 6.45) is 2.80. The molecular weight excluding hydrogens is 202 g/mol. The highest BCUT2D eigenvalue weighted by molar-refractivity contribution is 5.40. The maximum absolute atomic E-state index is 5.84. The molecule has 0 spiro atoms. The van der Waals surface area contributed by atoms with E-state index in [-0.39, 0.29) is 6.04 Å². The maximum Gasteiger partial charge on any atom is 0.128 e. The number of ether oxygens (including phenoxy) is 1. The quantitative estimate of drug-likeness (QED) is 0.744. The number of rotatable bonds is 6. The number of aromatic nitrogens is 1. The number of methoxy groups -OCH3 is 1. The van der Waals surface area contributed by atoms with E-state index in [0.29, 0.717) is 0 Å². The number of hydrogen-bond acceptors (Lipinski definition) is 4. The lowest BCUT2D eigenvalue weighted by molar-refractivity contribution is 0.196. The van der Waals surface area contributed by atoms with Crippen molar-refractivity contribution in [1.82, 2.24) is 4.98 Å². The molecule has 0 amide bonds. The Kier molecular flexibility index (Phi) is 5.22. The highest BCUT2D eigenvalue weighted by atomic mass is 16.5. The molecule has 0 radical (unpaired) electrons. The van der Waals surface area contributed by atoms with Crippen molar-refractivity contribution < 1.29 is 4.74 Å². The fourth-order valence-electron chi connectivity index (χ4n) is 1.49. The largest absolute Gasteiger partial charge is 0.385 e. The van der Waals surface area contributed by atoms with Crippen LogP contribution in [0.4, 0.5) is 5.82 Å². The van der Waals surface area contributed by atoms with Gasteiger partial charge in [0.25, 0.3) is 0 Å². The van der Waals surface area contributed by atoms with Crippen LogP contribution >= 0.6 is 0 Å². The van der Waals surface area contributed by atoms with Gasteiger partial charge in [-0.15, -0.1) is 0 Å². The Morgan fingerprint density at radius 2 is 2.31 bits per heavy atom. The van der Waals surface area contributed by atoms with Gasteiger partial charge < -0.3 is 15.4 Å². The van der Waals surface area contributed by atoms with Crippen LogP contribution in [-0.4, -0.2) is 32.3 Å². The van der Waals surface area contributed by atoms with E-state index in [0.717, 1.165) is 31.0 Å². The Labute approximate surface area is 97.4 Å². The summed E-state index contributed by atoms with van der Waals surface area (Å²) in [5.41, 5.74) is 6.95. The number of hydrogen-bond donors (Lipinski definition) is 1. The van der Waals surface area contributed by atoms with Crippen molar-refractivity contribution in [3.8, 4) is 0 Å². The first-order valence-electron chi connectivity index (χ1n) is 5.56. The molecule has 0 bridgehead atoms. The Bertz CT molecular complexity index is 315. The third-order valence-electron chi connectivity index (χ3n) is 2.53. The summed E-state index contributed by atoms with van der Waals surface area (Å²) in [6.45, 7) is 3.69. The summed E-state index contributed by atoms with van der Waals surface area (Å²) in [6, 6.07) is 4.04. The molecule has 1 aromatic rings. The zero-order valence-electron chi connectivity index (χ0n) is 10.3. The molecule has 0 saturated carbocycles. The summed E-state index contributed by atoms with van der Waals surface area (Å²) in [4.78, 5) is 6.45. The number of pyridine rings is 1. The summed E-state index contributed by atoms with van der Waals surface area (Å²) < 4.78 is 5.02. The Balaban J connectivity index is 2.60.